The van der Waals surface area contributed by atoms with Crippen LogP contribution in [0.3, 0.4) is 0 Å². The Bertz CT molecular complexity index is 715. The van der Waals surface area contributed by atoms with Gasteiger partial charge in [-0.15, -0.1) is 0 Å². The summed E-state index contributed by atoms with van der Waals surface area (Å²) in [5.41, 5.74) is 7.44. The van der Waals surface area contributed by atoms with E-state index < -0.39 is 0 Å². The molecule has 0 saturated carbocycles. The highest BCUT2D eigenvalue weighted by Gasteiger charge is 2.13. The van der Waals surface area contributed by atoms with Crippen molar-refractivity contribution in [2.24, 2.45) is 5.73 Å². The van der Waals surface area contributed by atoms with Crippen molar-refractivity contribution in [2.75, 3.05) is 0 Å². The van der Waals surface area contributed by atoms with Gasteiger partial charge in [0.05, 0.1) is 6.20 Å². The molecular formula is C18H28N4O2. The van der Waals surface area contributed by atoms with Crippen LogP contribution in [0, 0.1) is 6.92 Å². The van der Waals surface area contributed by atoms with E-state index in [1.54, 1.807) is 32.1 Å². The molecule has 0 fully saturated rings. The minimum absolute atomic E-state index is 0.146. The monoisotopic (exact) mass is 332 g/mol. The number of nitrogens with two attached hydrogens (primary N) is 1. The second kappa shape index (κ2) is 10.9. The minimum atomic E-state index is 0.146. The van der Waals surface area contributed by atoms with Crippen LogP contribution in [-0.4, -0.2) is 19.7 Å². The Kier molecular flexibility index (Phi) is 9.63. The predicted molar refractivity (Wildman–Crippen MR) is 98.9 cm³/mol. The number of fused-ring (bicyclic) bond motifs is 1. The molecule has 0 atom stereocenters. The summed E-state index contributed by atoms with van der Waals surface area (Å²) >= 11 is 0. The van der Waals surface area contributed by atoms with Crippen molar-refractivity contribution in [1.29, 1.82) is 0 Å². The van der Waals surface area contributed by atoms with Crippen LogP contribution in [-0.2, 0) is 0 Å². The summed E-state index contributed by atoms with van der Waals surface area (Å²) in [7, 11) is 0. The predicted octanol–water partition coefficient (Wildman–Crippen LogP) is 4.11. The molecule has 132 valence electrons. The van der Waals surface area contributed by atoms with Crippen LogP contribution in [0.2, 0.25) is 0 Å². The molecule has 0 amide bonds. The number of hydrogen-bond donors (Lipinski definition) is 2. The van der Waals surface area contributed by atoms with E-state index in [2.05, 4.69) is 16.7 Å². The highest BCUT2D eigenvalue weighted by Crippen LogP contribution is 2.28. The Morgan fingerprint density at radius 1 is 1.29 bits per heavy atom. The van der Waals surface area contributed by atoms with Crippen molar-refractivity contribution in [3.8, 4) is 11.6 Å². The maximum absolute atomic E-state index is 9.71. The van der Waals surface area contributed by atoms with Crippen molar-refractivity contribution in [2.45, 2.75) is 41.5 Å². The molecular weight excluding hydrogens is 304 g/mol. The lowest BCUT2D eigenvalue weighted by Gasteiger charge is -2.06. The topological polar surface area (TPSA) is 85.7 Å². The number of hydrogen-bond acceptors (Lipinski definition) is 5. The van der Waals surface area contributed by atoms with Gasteiger partial charge in [-0.05, 0) is 32.1 Å². The Balaban J connectivity index is 0.00000123. The summed E-state index contributed by atoms with van der Waals surface area (Å²) in [6.07, 6.45) is 7.81. The van der Waals surface area contributed by atoms with Gasteiger partial charge in [-0.1, -0.05) is 34.3 Å². The van der Waals surface area contributed by atoms with E-state index in [9.17, 15) is 5.11 Å². The molecule has 2 heterocycles. The molecule has 6 nitrogen and oxygen atoms in total. The third-order valence-electron chi connectivity index (χ3n) is 2.77. The molecule has 3 N–H and O–H groups in total. The summed E-state index contributed by atoms with van der Waals surface area (Å²) in [6, 6.07) is 0. The minimum Gasteiger partial charge on any atom is -0.506 e. The highest BCUT2D eigenvalue weighted by atomic mass is 16.5. The zero-order valence-corrected chi connectivity index (χ0v) is 15.4. The number of aryl methyl sites for hydroxylation is 1. The Labute approximate surface area is 144 Å². The number of aromatic nitrogens is 3. The molecule has 2 aromatic rings. The zero-order chi connectivity index (χ0) is 18.7. The molecule has 6 heteroatoms. The van der Waals surface area contributed by atoms with Crippen LogP contribution in [0.4, 0.5) is 0 Å². The second-order valence-electron chi connectivity index (χ2n) is 4.25. The average Bonchev–Trinajstić information content (AvgIpc) is 2.91. The van der Waals surface area contributed by atoms with Crippen molar-refractivity contribution < 1.29 is 9.84 Å². The molecule has 0 aliphatic carbocycles. The Morgan fingerprint density at radius 2 is 1.92 bits per heavy atom. The summed E-state index contributed by atoms with van der Waals surface area (Å²) in [6.45, 7) is 15.1. The number of allylic oxidation sites excluding steroid dienone is 4. The summed E-state index contributed by atoms with van der Waals surface area (Å²) in [5.74, 6) is 1.13. The first-order valence-electron chi connectivity index (χ1n) is 7.99. The molecule has 0 aliphatic rings. The third kappa shape index (κ3) is 5.46. The summed E-state index contributed by atoms with van der Waals surface area (Å²) in [5, 5.41) is 13.7. The third-order valence-corrected chi connectivity index (χ3v) is 2.77. The van der Waals surface area contributed by atoms with Crippen LogP contribution in [0.15, 0.2) is 48.8 Å². The van der Waals surface area contributed by atoms with E-state index in [1.807, 2.05) is 27.7 Å². The number of rotatable bonds is 4. The number of nitrogens with zero attached hydrogens (tertiary/aromatic N) is 3. The molecule has 0 bridgehead atoms. The fourth-order valence-corrected chi connectivity index (χ4v) is 1.66. The molecule has 2 aromatic heterocycles. The first-order chi connectivity index (χ1) is 11.5. The molecule has 0 spiro atoms. The Hall–Kier alpha value is -2.76. The fourth-order valence-electron chi connectivity index (χ4n) is 1.66. The van der Waals surface area contributed by atoms with E-state index in [1.165, 1.54) is 17.0 Å². The standard InChI is InChI=1S/C14H16N4O2.2C2H6/c1-4-11(15)6-5-9(2)20-14-13-10(3)12(19)7-18(13)17-8-16-14;2*1-2/h4-8,19H,1,15H2,2-3H3;2*1-2H3/b9-5+,11-6+;;. The van der Waals surface area contributed by atoms with Gasteiger partial charge >= 0.3 is 0 Å². The average molecular weight is 332 g/mol. The van der Waals surface area contributed by atoms with Gasteiger partial charge < -0.3 is 15.6 Å². The quantitative estimate of drug-likeness (QED) is 0.650. The molecule has 0 aliphatic heterocycles. The van der Waals surface area contributed by atoms with E-state index in [0.717, 1.165) is 0 Å². The van der Waals surface area contributed by atoms with Crippen LogP contribution in [0.1, 0.15) is 40.2 Å². The van der Waals surface area contributed by atoms with E-state index >= 15 is 0 Å². The molecule has 0 saturated heterocycles. The lowest BCUT2D eigenvalue weighted by molar-refractivity contribution is 0.411. The molecule has 2 rings (SSSR count). The molecule has 0 radical (unpaired) electrons. The van der Waals surface area contributed by atoms with E-state index in [4.69, 9.17) is 10.5 Å². The van der Waals surface area contributed by atoms with Gasteiger partial charge in [0.1, 0.15) is 23.4 Å². The van der Waals surface area contributed by atoms with E-state index in [0.29, 0.717) is 28.4 Å². The van der Waals surface area contributed by atoms with Crippen LogP contribution < -0.4 is 10.5 Å². The second-order valence-corrected chi connectivity index (χ2v) is 4.25. The molecule has 24 heavy (non-hydrogen) atoms. The first-order valence-corrected chi connectivity index (χ1v) is 7.99. The first kappa shape index (κ1) is 21.2. The lowest BCUT2D eigenvalue weighted by atomic mass is 10.3. The van der Waals surface area contributed by atoms with Gasteiger partial charge in [0.2, 0.25) is 5.88 Å². The van der Waals surface area contributed by atoms with Crippen molar-refractivity contribution in [3.63, 3.8) is 0 Å². The summed E-state index contributed by atoms with van der Waals surface area (Å²) < 4.78 is 7.18. The SMILES string of the molecule is C=C/C(N)=C\C=C(/C)Oc1ncnn2cc(O)c(C)c12.CC.CC. The highest BCUT2D eigenvalue weighted by molar-refractivity contribution is 5.66. The smallest absolute Gasteiger partial charge is 0.247 e. The maximum Gasteiger partial charge on any atom is 0.247 e. The molecule has 0 aromatic carbocycles. The number of ether oxygens (including phenoxy) is 1. The van der Waals surface area contributed by atoms with Crippen LogP contribution in [0.5, 0.6) is 11.6 Å². The fraction of sp³-hybridized carbons (Fsp3) is 0.333. The van der Waals surface area contributed by atoms with Gasteiger partial charge in [-0.25, -0.2) is 4.52 Å². The molecule has 0 unspecified atom stereocenters. The van der Waals surface area contributed by atoms with Gasteiger partial charge in [-0.3, -0.25) is 0 Å². The number of aromatic hydroxyl groups is 1. The van der Waals surface area contributed by atoms with Crippen LogP contribution >= 0.6 is 0 Å². The van der Waals surface area contributed by atoms with Crippen molar-refractivity contribution in [1.82, 2.24) is 14.6 Å². The normalized spacial score (nSPS) is 11.1. The summed E-state index contributed by atoms with van der Waals surface area (Å²) in [4.78, 5) is 4.09. The van der Waals surface area contributed by atoms with Crippen molar-refractivity contribution in [3.05, 3.63) is 54.4 Å². The van der Waals surface area contributed by atoms with Gasteiger partial charge in [-0.2, -0.15) is 10.1 Å². The van der Waals surface area contributed by atoms with E-state index in [-0.39, 0.29) is 5.75 Å². The zero-order valence-electron chi connectivity index (χ0n) is 15.4. The van der Waals surface area contributed by atoms with Gasteiger partial charge in [0, 0.05) is 11.3 Å². The largest absolute Gasteiger partial charge is 0.506 e. The van der Waals surface area contributed by atoms with Crippen LogP contribution in [0.25, 0.3) is 5.52 Å². The van der Waals surface area contributed by atoms with Gasteiger partial charge in [0.25, 0.3) is 0 Å². The Morgan fingerprint density at radius 3 is 2.50 bits per heavy atom. The van der Waals surface area contributed by atoms with Gasteiger partial charge in [0.15, 0.2) is 0 Å². The van der Waals surface area contributed by atoms with Crippen molar-refractivity contribution >= 4 is 5.52 Å². The lowest BCUT2D eigenvalue weighted by Crippen LogP contribution is -1.99. The maximum atomic E-state index is 9.71.